The van der Waals surface area contributed by atoms with Crippen LogP contribution in [0.3, 0.4) is 0 Å². The fourth-order valence-corrected chi connectivity index (χ4v) is 2.64. The Morgan fingerprint density at radius 3 is 2.95 bits per heavy atom. The molecular formula is C14H16N2O3. The number of amides is 1. The number of anilines is 1. The second-order valence-corrected chi connectivity index (χ2v) is 4.90. The number of Topliss-reactive ketones (excluding diaryl/α,β-unsaturated/α-hetero) is 1. The van der Waals surface area contributed by atoms with E-state index >= 15 is 0 Å². The van der Waals surface area contributed by atoms with E-state index in [9.17, 15) is 9.59 Å². The standard InChI is InChI=1S/C14H16N2O3/c17-13-6-3-7-16(9-10-8-15-14(18)19-10)12-5-2-1-4-11(12)13/h1-2,4-5,10H,3,6-9H2,(H,15,18). The first-order valence-electron chi connectivity index (χ1n) is 6.56. The van der Waals surface area contributed by atoms with Crippen molar-refractivity contribution in [1.82, 2.24) is 5.32 Å². The van der Waals surface area contributed by atoms with E-state index in [1.807, 2.05) is 24.3 Å². The summed E-state index contributed by atoms with van der Waals surface area (Å²) < 4.78 is 5.17. The normalized spacial score (nSPS) is 22.5. The Morgan fingerprint density at radius 1 is 1.32 bits per heavy atom. The summed E-state index contributed by atoms with van der Waals surface area (Å²) in [4.78, 5) is 25.2. The van der Waals surface area contributed by atoms with E-state index in [4.69, 9.17) is 4.74 Å². The summed E-state index contributed by atoms with van der Waals surface area (Å²) in [7, 11) is 0. The van der Waals surface area contributed by atoms with Crippen molar-refractivity contribution < 1.29 is 14.3 Å². The minimum absolute atomic E-state index is 0.145. The number of fused-ring (bicyclic) bond motifs is 1. The van der Waals surface area contributed by atoms with Crippen LogP contribution < -0.4 is 10.2 Å². The predicted octanol–water partition coefficient (Wildman–Crippen LogP) is 1.58. The van der Waals surface area contributed by atoms with E-state index < -0.39 is 0 Å². The molecule has 1 aromatic carbocycles. The van der Waals surface area contributed by atoms with Crippen LogP contribution in [0.5, 0.6) is 0 Å². The van der Waals surface area contributed by atoms with Gasteiger partial charge in [-0.15, -0.1) is 0 Å². The number of carbonyl (C=O) groups excluding carboxylic acids is 2. The first-order chi connectivity index (χ1) is 9.24. The van der Waals surface area contributed by atoms with Crippen LogP contribution in [0.25, 0.3) is 0 Å². The SMILES string of the molecule is O=C1NCC(CN2CCCC(=O)c3ccccc32)O1. The number of benzene rings is 1. The molecule has 5 nitrogen and oxygen atoms in total. The lowest BCUT2D eigenvalue weighted by Crippen LogP contribution is -2.35. The number of hydrogen-bond donors (Lipinski definition) is 1. The number of ketones is 1. The van der Waals surface area contributed by atoms with E-state index in [2.05, 4.69) is 10.2 Å². The van der Waals surface area contributed by atoms with Crippen molar-refractivity contribution in [2.24, 2.45) is 0 Å². The summed E-state index contributed by atoms with van der Waals surface area (Å²) in [6.07, 6.45) is 0.913. The van der Waals surface area contributed by atoms with Crippen molar-refractivity contribution in [2.45, 2.75) is 18.9 Å². The summed E-state index contributed by atoms with van der Waals surface area (Å²) in [6, 6.07) is 7.65. The zero-order chi connectivity index (χ0) is 13.2. The molecule has 0 aromatic heterocycles. The first-order valence-corrected chi connectivity index (χ1v) is 6.56. The molecule has 0 spiro atoms. The molecule has 100 valence electrons. The highest BCUT2D eigenvalue weighted by Gasteiger charge is 2.27. The van der Waals surface area contributed by atoms with Crippen LogP contribution in [0.2, 0.25) is 0 Å². The molecule has 1 N–H and O–H groups in total. The van der Waals surface area contributed by atoms with Gasteiger partial charge in [-0.3, -0.25) is 4.79 Å². The van der Waals surface area contributed by atoms with Crippen molar-refractivity contribution in [3.63, 3.8) is 0 Å². The number of para-hydroxylation sites is 1. The summed E-state index contributed by atoms with van der Waals surface area (Å²) in [5.74, 6) is 0.194. The van der Waals surface area contributed by atoms with Crippen molar-refractivity contribution in [2.75, 3.05) is 24.5 Å². The maximum Gasteiger partial charge on any atom is 0.407 e. The minimum Gasteiger partial charge on any atom is -0.442 e. The largest absolute Gasteiger partial charge is 0.442 e. The lowest BCUT2D eigenvalue weighted by molar-refractivity contribution is 0.0983. The summed E-state index contributed by atoms with van der Waals surface area (Å²) >= 11 is 0. The van der Waals surface area contributed by atoms with Crippen LogP contribution in [-0.4, -0.2) is 37.6 Å². The van der Waals surface area contributed by atoms with Gasteiger partial charge in [0.15, 0.2) is 5.78 Å². The third-order valence-corrected chi connectivity index (χ3v) is 3.55. The molecule has 0 saturated carbocycles. The molecule has 5 heteroatoms. The summed E-state index contributed by atoms with van der Waals surface area (Å²) in [5, 5.41) is 2.65. The second-order valence-electron chi connectivity index (χ2n) is 4.90. The van der Waals surface area contributed by atoms with Gasteiger partial charge < -0.3 is 15.0 Å². The third-order valence-electron chi connectivity index (χ3n) is 3.55. The number of rotatable bonds is 2. The number of ether oxygens (including phenoxy) is 1. The number of alkyl carbamates (subject to hydrolysis) is 1. The van der Waals surface area contributed by atoms with Gasteiger partial charge in [0.1, 0.15) is 6.10 Å². The monoisotopic (exact) mass is 260 g/mol. The molecule has 1 fully saturated rings. The van der Waals surface area contributed by atoms with Crippen LogP contribution in [0, 0.1) is 0 Å². The van der Waals surface area contributed by atoms with Crippen LogP contribution in [0.4, 0.5) is 10.5 Å². The van der Waals surface area contributed by atoms with Gasteiger partial charge in [-0.2, -0.15) is 0 Å². The molecule has 1 unspecified atom stereocenters. The molecule has 1 amide bonds. The lowest BCUT2D eigenvalue weighted by Gasteiger charge is -2.26. The minimum atomic E-state index is -0.357. The zero-order valence-electron chi connectivity index (χ0n) is 10.6. The molecule has 0 aliphatic carbocycles. The third kappa shape index (κ3) is 2.41. The second kappa shape index (κ2) is 4.91. The van der Waals surface area contributed by atoms with Crippen molar-refractivity contribution >= 4 is 17.6 Å². The van der Waals surface area contributed by atoms with Crippen LogP contribution in [0.1, 0.15) is 23.2 Å². The van der Waals surface area contributed by atoms with Gasteiger partial charge in [0, 0.05) is 24.2 Å². The van der Waals surface area contributed by atoms with Crippen LogP contribution in [-0.2, 0) is 4.74 Å². The highest BCUT2D eigenvalue weighted by Crippen LogP contribution is 2.26. The van der Waals surface area contributed by atoms with Gasteiger partial charge in [-0.05, 0) is 18.6 Å². The Hall–Kier alpha value is -2.04. The van der Waals surface area contributed by atoms with Gasteiger partial charge in [0.05, 0.1) is 13.1 Å². The van der Waals surface area contributed by atoms with Gasteiger partial charge in [0.2, 0.25) is 0 Å². The lowest BCUT2D eigenvalue weighted by atomic mass is 10.1. The van der Waals surface area contributed by atoms with E-state index in [0.29, 0.717) is 19.5 Å². The van der Waals surface area contributed by atoms with E-state index in [1.165, 1.54) is 0 Å². The number of hydrogen-bond acceptors (Lipinski definition) is 4. The molecule has 3 rings (SSSR count). The van der Waals surface area contributed by atoms with Gasteiger partial charge in [-0.25, -0.2) is 4.79 Å². The summed E-state index contributed by atoms with van der Waals surface area (Å²) in [5.41, 5.74) is 1.73. The van der Waals surface area contributed by atoms with Crippen molar-refractivity contribution in [3.8, 4) is 0 Å². The molecule has 2 aliphatic heterocycles. The smallest absolute Gasteiger partial charge is 0.407 e. The quantitative estimate of drug-likeness (QED) is 0.877. The number of nitrogens with one attached hydrogen (secondary N) is 1. The Labute approximate surface area is 111 Å². The number of nitrogens with zero attached hydrogens (tertiary/aromatic N) is 1. The maximum atomic E-state index is 12.0. The average molecular weight is 260 g/mol. The van der Waals surface area contributed by atoms with Crippen LogP contribution in [0.15, 0.2) is 24.3 Å². The summed E-state index contributed by atoms with van der Waals surface area (Å²) in [6.45, 7) is 1.98. The Balaban J connectivity index is 1.83. The molecule has 1 saturated heterocycles. The Morgan fingerprint density at radius 2 is 2.16 bits per heavy atom. The van der Waals surface area contributed by atoms with Crippen molar-refractivity contribution in [3.05, 3.63) is 29.8 Å². The zero-order valence-corrected chi connectivity index (χ0v) is 10.6. The number of carbonyl (C=O) groups is 2. The van der Waals surface area contributed by atoms with Gasteiger partial charge >= 0.3 is 6.09 Å². The fourth-order valence-electron chi connectivity index (χ4n) is 2.64. The first kappa shape index (κ1) is 12.0. The molecule has 2 aliphatic rings. The average Bonchev–Trinajstić information content (AvgIpc) is 2.75. The molecule has 1 atom stereocenters. The van der Waals surface area contributed by atoms with Crippen LogP contribution >= 0.6 is 0 Å². The maximum absolute atomic E-state index is 12.0. The van der Waals surface area contributed by atoms with E-state index in [-0.39, 0.29) is 18.0 Å². The fraction of sp³-hybridized carbons (Fsp3) is 0.429. The molecular weight excluding hydrogens is 244 g/mol. The topological polar surface area (TPSA) is 58.6 Å². The molecule has 0 bridgehead atoms. The van der Waals surface area contributed by atoms with Gasteiger partial charge in [-0.1, -0.05) is 12.1 Å². The molecule has 1 aromatic rings. The molecule has 2 heterocycles. The molecule has 19 heavy (non-hydrogen) atoms. The Kier molecular flexibility index (Phi) is 3.11. The van der Waals surface area contributed by atoms with Gasteiger partial charge in [0.25, 0.3) is 0 Å². The highest BCUT2D eigenvalue weighted by molar-refractivity contribution is 6.01. The number of cyclic esters (lactones) is 1. The van der Waals surface area contributed by atoms with E-state index in [1.54, 1.807) is 0 Å². The Bertz CT molecular complexity index is 515. The predicted molar refractivity (Wildman–Crippen MR) is 70.5 cm³/mol. The van der Waals surface area contributed by atoms with Crippen molar-refractivity contribution in [1.29, 1.82) is 0 Å². The molecule has 0 radical (unpaired) electrons. The van der Waals surface area contributed by atoms with E-state index in [0.717, 1.165) is 24.2 Å². The highest BCUT2D eigenvalue weighted by atomic mass is 16.6.